The molecule has 0 aliphatic heterocycles. The summed E-state index contributed by atoms with van der Waals surface area (Å²) >= 11 is 1.75. The lowest BCUT2D eigenvalue weighted by atomic mass is 10.1. The Bertz CT molecular complexity index is 808. The molecule has 0 aliphatic carbocycles. The van der Waals surface area contributed by atoms with Crippen LogP contribution in [0.3, 0.4) is 0 Å². The zero-order chi connectivity index (χ0) is 16.4. The van der Waals surface area contributed by atoms with E-state index >= 15 is 0 Å². The maximum absolute atomic E-state index is 5.86. The molecule has 0 amide bonds. The maximum atomic E-state index is 5.86. The first kappa shape index (κ1) is 15.8. The maximum Gasteiger partial charge on any atom is 0.247 e. The summed E-state index contributed by atoms with van der Waals surface area (Å²) in [5, 5.41) is 8.52. The Morgan fingerprint density at radius 1 is 0.913 bits per heavy atom. The SMILES string of the molecule is Cc1ccc(-c2nnc(C(C)Sc3ccc(C)cc3C)o2)cc1. The van der Waals surface area contributed by atoms with Crippen molar-refractivity contribution in [2.75, 3.05) is 0 Å². The number of benzene rings is 2. The molecule has 0 saturated carbocycles. The van der Waals surface area contributed by atoms with Crippen LogP contribution in [-0.4, -0.2) is 10.2 Å². The first-order chi connectivity index (χ1) is 11.0. The minimum absolute atomic E-state index is 0.114. The van der Waals surface area contributed by atoms with E-state index in [0.717, 1.165) is 5.56 Å². The van der Waals surface area contributed by atoms with Crippen LogP contribution in [0.1, 0.15) is 34.8 Å². The quantitative estimate of drug-likeness (QED) is 0.593. The molecule has 0 fully saturated rings. The van der Waals surface area contributed by atoms with Crippen molar-refractivity contribution in [1.29, 1.82) is 0 Å². The summed E-state index contributed by atoms with van der Waals surface area (Å²) in [5.41, 5.74) is 4.73. The molecule has 1 atom stereocenters. The Balaban J connectivity index is 1.78. The van der Waals surface area contributed by atoms with Crippen LogP contribution in [0.15, 0.2) is 51.8 Å². The van der Waals surface area contributed by atoms with Crippen LogP contribution >= 0.6 is 11.8 Å². The first-order valence-corrected chi connectivity index (χ1v) is 8.55. The van der Waals surface area contributed by atoms with Gasteiger partial charge in [0.1, 0.15) is 0 Å². The van der Waals surface area contributed by atoms with Gasteiger partial charge >= 0.3 is 0 Å². The predicted octanol–water partition coefficient (Wildman–Crippen LogP) is 5.52. The number of nitrogens with zero attached hydrogens (tertiary/aromatic N) is 2. The van der Waals surface area contributed by atoms with Gasteiger partial charge in [-0.15, -0.1) is 22.0 Å². The van der Waals surface area contributed by atoms with Gasteiger partial charge in [-0.2, -0.15) is 0 Å². The number of thioether (sulfide) groups is 1. The molecule has 0 bridgehead atoms. The van der Waals surface area contributed by atoms with Crippen molar-refractivity contribution in [1.82, 2.24) is 10.2 Å². The van der Waals surface area contributed by atoms with E-state index in [0.29, 0.717) is 11.8 Å². The number of aromatic nitrogens is 2. The first-order valence-electron chi connectivity index (χ1n) is 7.67. The van der Waals surface area contributed by atoms with E-state index in [9.17, 15) is 0 Å². The van der Waals surface area contributed by atoms with Crippen molar-refractivity contribution >= 4 is 11.8 Å². The lowest BCUT2D eigenvalue weighted by Crippen LogP contribution is -1.90. The second-order valence-corrected chi connectivity index (χ2v) is 7.22. The minimum atomic E-state index is 0.114. The molecule has 1 aromatic heterocycles. The molecule has 4 heteroatoms. The van der Waals surface area contributed by atoms with Crippen LogP contribution in [0.5, 0.6) is 0 Å². The van der Waals surface area contributed by atoms with Crippen molar-refractivity contribution < 1.29 is 4.42 Å². The van der Waals surface area contributed by atoms with Gasteiger partial charge in [-0.3, -0.25) is 0 Å². The van der Waals surface area contributed by atoms with Crippen LogP contribution in [0, 0.1) is 20.8 Å². The summed E-state index contributed by atoms with van der Waals surface area (Å²) in [6.07, 6.45) is 0. The summed E-state index contributed by atoms with van der Waals surface area (Å²) in [6, 6.07) is 14.6. The van der Waals surface area contributed by atoms with Gasteiger partial charge < -0.3 is 4.42 Å². The van der Waals surface area contributed by atoms with Crippen LogP contribution in [0.2, 0.25) is 0 Å². The zero-order valence-electron chi connectivity index (χ0n) is 13.8. The molecule has 0 spiro atoms. The largest absolute Gasteiger partial charge is 0.419 e. The van der Waals surface area contributed by atoms with E-state index in [1.54, 1.807) is 11.8 Å². The molecule has 1 heterocycles. The average Bonchev–Trinajstić information content (AvgIpc) is 3.01. The van der Waals surface area contributed by atoms with E-state index in [1.165, 1.54) is 21.6 Å². The normalized spacial score (nSPS) is 12.3. The van der Waals surface area contributed by atoms with Crippen LogP contribution < -0.4 is 0 Å². The van der Waals surface area contributed by atoms with E-state index < -0.39 is 0 Å². The van der Waals surface area contributed by atoms with E-state index in [-0.39, 0.29) is 5.25 Å². The fraction of sp³-hybridized carbons (Fsp3) is 0.263. The smallest absolute Gasteiger partial charge is 0.247 e. The van der Waals surface area contributed by atoms with Gasteiger partial charge in [0.15, 0.2) is 0 Å². The highest BCUT2D eigenvalue weighted by atomic mass is 32.2. The Morgan fingerprint density at radius 2 is 1.61 bits per heavy atom. The summed E-state index contributed by atoms with van der Waals surface area (Å²) in [4.78, 5) is 1.25. The van der Waals surface area contributed by atoms with Crippen LogP contribution in [0.4, 0.5) is 0 Å². The zero-order valence-corrected chi connectivity index (χ0v) is 14.6. The topological polar surface area (TPSA) is 38.9 Å². The molecule has 1 unspecified atom stereocenters. The Morgan fingerprint density at radius 3 is 2.30 bits per heavy atom. The molecule has 0 saturated heterocycles. The standard InChI is InChI=1S/C19H20N2OS/c1-12-5-8-16(9-6-12)19-21-20-18(22-19)15(4)23-17-10-7-13(2)11-14(17)3/h5-11,15H,1-4H3. The number of rotatable bonds is 4. The lowest BCUT2D eigenvalue weighted by molar-refractivity contribution is 0.509. The van der Waals surface area contributed by atoms with E-state index in [4.69, 9.17) is 4.42 Å². The predicted molar refractivity (Wildman–Crippen MR) is 94.7 cm³/mol. The van der Waals surface area contributed by atoms with Crippen molar-refractivity contribution in [2.24, 2.45) is 0 Å². The van der Waals surface area contributed by atoms with Crippen molar-refractivity contribution in [3.05, 3.63) is 65.0 Å². The molecule has 0 aliphatic rings. The second kappa shape index (κ2) is 6.59. The fourth-order valence-corrected chi connectivity index (χ4v) is 3.35. The monoisotopic (exact) mass is 324 g/mol. The molecule has 3 nitrogen and oxygen atoms in total. The summed E-state index contributed by atoms with van der Waals surface area (Å²) in [5.74, 6) is 1.23. The average molecular weight is 324 g/mol. The molecule has 2 aromatic carbocycles. The van der Waals surface area contributed by atoms with Gasteiger partial charge in [-0.25, -0.2) is 0 Å². The van der Waals surface area contributed by atoms with Crippen LogP contribution in [-0.2, 0) is 0 Å². The Labute approximate surface area is 141 Å². The van der Waals surface area contributed by atoms with E-state index in [1.807, 2.05) is 24.3 Å². The number of aryl methyl sites for hydroxylation is 3. The third kappa shape index (κ3) is 3.64. The molecule has 118 valence electrons. The molecule has 0 radical (unpaired) electrons. The van der Waals surface area contributed by atoms with Crippen molar-refractivity contribution in [3.8, 4) is 11.5 Å². The van der Waals surface area contributed by atoms with E-state index in [2.05, 4.69) is 56.1 Å². The van der Waals surface area contributed by atoms with Gasteiger partial charge in [-0.05, 0) is 51.5 Å². The third-order valence-corrected chi connectivity index (χ3v) is 4.99. The van der Waals surface area contributed by atoms with Crippen molar-refractivity contribution in [2.45, 2.75) is 37.8 Å². The van der Waals surface area contributed by atoms with Crippen LogP contribution in [0.25, 0.3) is 11.5 Å². The summed E-state index contributed by atoms with van der Waals surface area (Å²) in [6.45, 7) is 8.40. The molecular formula is C19H20N2OS. The number of hydrogen-bond donors (Lipinski definition) is 0. The van der Waals surface area contributed by atoms with Gasteiger partial charge in [0.2, 0.25) is 11.8 Å². The fourth-order valence-electron chi connectivity index (χ4n) is 2.38. The van der Waals surface area contributed by atoms with Crippen molar-refractivity contribution in [3.63, 3.8) is 0 Å². The summed E-state index contributed by atoms with van der Waals surface area (Å²) in [7, 11) is 0. The number of hydrogen-bond acceptors (Lipinski definition) is 4. The third-order valence-electron chi connectivity index (χ3n) is 3.72. The van der Waals surface area contributed by atoms with Gasteiger partial charge in [-0.1, -0.05) is 35.4 Å². The molecule has 3 rings (SSSR count). The van der Waals surface area contributed by atoms with Gasteiger partial charge in [0.25, 0.3) is 0 Å². The molecule has 3 aromatic rings. The highest BCUT2D eigenvalue weighted by Gasteiger charge is 2.17. The Hall–Kier alpha value is -2.07. The molecule has 23 heavy (non-hydrogen) atoms. The highest BCUT2D eigenvalue weighted by Crippen LogP contribution is 2.36. The van der Waals surface area contributed by atoms with Gasteiger partial charge in [0.05, 0.1) is 5.25 Å². The second-order valence-electron chi connectivity index (χ2n) is 5.84. The minimum Gasteiger partial charge on any atom is -0.419 e. The molecule has 0 N–H and O–H groups in total. The lowest BCUT2D eigenvalue weighted by Gasteiger charge is -2.10. The summed E-state index contributed by atoms with van der Waals surface area (Å²) < 4.78 is 5.86. The molecular weight excluding hydrogens is 304 g/mol. The highest BCUT2D eigenvalue weighted by molar-refractivity contribution is 7.99. The van der Waals surface area contributed by atoms with Gasteiger partial charge in [0, 0.05) is 10.5 Å². The Kier molecular flexibility index (Phi) is 4.53.